The second kappa shape index (κ2) is 11.6. The standard InChI is InChI=1S/C37H62O11/c1-19(38)47-29-27(43)28(34(7,45)13-11-23(40)32(4,5)44)33(6)15-16-37-18-36(37)14-12-24(48-30-26(42)25(41)20(39)17-46-30)31(2,3)21(36)9-10-22(37)35(29,33)8/h20-30,39-45H,9-18H2,1-8H3/t20-,21+,22+,23-,24+,25+,26-,27-,28+,29+,30+,33-,34+,35-,36-,37+/m1/s1. The van der Waals surface area contributed by atoms with Gasteiger partial charge < -0.3 is 50.0 Å². The number of aliphatic hydroxyl groups is 7. The fourth-order valence-electron chi connectivity index (χ4n) is 13.0. The summed E-state index contributed by atoms with van der Waals surface area (Å²) in [4.78, 5) is 12.6. The summed E-state index contributed by atoms with van der Waals surface area (Å²) in [5, 5.41) is 76.1. The van der Waals surface area contributed by atoms with Gasteiger partial charge in [-0.15, -0.1) is 0 Å². The molecule has 6 fully saturated rings. The Morgan fingerprint density at radius 2 is 1.52 bits per heavy atom. The maximum atomic E-state index is 12.6. The molecule has 5 aliphatic carbocycles. The summed E-state index contributed by atoms with van der Waals surface area (Å²) in [5.41, 5.74) is -4.15. The lowest BCUT2D eigenvalue weighted by Crippen LogP contribution is -2.62. The summed E-state index contributed by atoms with van der Waals surface area (Å²) in [6, 6.07) is 0. The Labute approximate surface area is 285 Å². The summed E-state index contributed by atoms with van der Waals surface area (Å²) in [5.74, 6) is -0.600. The van der Waals surface area contributed by atoms with E-state index < -0.39 is 76.8 Å². The van der Waals surface area contributed by atoms with Crippen molar-refractivity contribution >= 4 is 5.97 Å². The van der Waals surface area contributed by atoms with Crippen molar-refractivity contribution in [2.45, 2.75) is 173 Å². The van der Waals surface area contributed by atoms with Crippen LogP contribution in [0.4, 0.5) is 0 Å². The summed E-state index contributed by atoms with van der Waals surface area (Å²) in [7, 11) is 0. The number of rotatable bonds is 8. The molecule has 11 heteroatoms. The molecule has 0 aromatic carbocycles. The second-order valence-corrected chi connectivity index (χ2v) is 18.7. The van der Waals surface area contributed by atoms with Gasteiger partial charge in [0.25, 0.3) is 0 Å². The molecule has 7 N–H and O–H groups in total. The van der Waals surface area contributed by atoms with Crippen LogP contribution in [0.1, 0.15) is 113 Å². The Hall–Kier alpha value is -0.890. The number of hydrogen-bond acceptors (Lipinski definition) is 11. The first kappa shape index (κ1) is 36.9. The molecule has 276 valence electrons. The van der Waals surface area contributed by atoms with Crippen LogP contribution in [-0.2, 0) is 19.0 Å². The normalized spacial score (nSPS) is 51.4. The number of ether oxygens (including phenoxy) is 3. The topological polar surface area (TPSA) is 186 Å². The maximum absolute atomic E-state index is 12.6. The van der Waals surface area contributed by atoms with Gasteiger partial charge in [0.05, 0.1) is 36.1 Å². The Balaban J connectivity index is 1.29. The minimum Gasteiger partial charge on any atom is -0.459 e. The molecule has 48 heavy (non-hydrogen) atoms. The maximum Gasteiger partial charge on any atom is 0.303 e. The molecule has 6 rings (SSSR count). The van der Waals surface area contributed by atoms with Crippen molar-refractivity contribution in [1.82, 2.24) is 0 Å². The van der Waals surface area contributed by atoms with Crippen LogP contribution in [0.5, 0.6) is 0 Å². The third-order valence-electron chi connectivity index (χ3n) is 15.6. The Bertz CT molecular complexity index is 1250. The number of carbonyl (C=O) groups excluding carboxylic acids is 1. The van der Waals surface area contributed by atoms with Gasteiger partial charge in [0, 0.05) is 18.3 Å². The van der Waals surface area contributed by atoms with Crippen molar-refractivity contribution in [2.75, 3.05) is 6.61 Å². The average molecular weight is 683 g/mol. The van der Waals surface area contributed by atoms with Gasteiger partial charge in [-0.25, -0.2) is 0 Å². The molecule has 0 aromatic rings. The lowest BCUT2D eigenvalue weighted by molar-refractivity contribution is -0.303. The Morgan fingerprint density at radius 3 is 2.15 bits per heavy atom. The second-order valence-electron chi connectivity index (χ2n) is 18.7. The van der Waals surface area contributed by atoms with E-state index in [1.54, 1.807) is 6.92 Å². The highest BCUT2D eigenvalue weighted by atomic mass is 16.7. The summed E-state index contributed by atoms with van der Waals surface area (Å²) in [6.45, 7) is 14.9. The van der Waals surface area contributed by atoms with E-state index in [0.717, 1.165) is 44.9 Å². The smallest absolute Gasteiger partial charge is 0.303 e. The zero-order valence-corrected chi connectivity index (χ0v) is 30.2. The van der Waals surface area contributed by atoms with E-state index in [4.69, 9.17) is 14.2 Å². The first-order valence-electron chi connectivity index (χ1n) is 18.3. The van der Waals surface area contributed by atoms with E-state index in [2.05, 4.69) is 27.7 Å². The van der Waals surface area contributed by atoms with Crippen molar-refractivity contribution in [3.8, 4) is 0 Å². The van der Waals surface area contributed by atoms with Crippen LogP contribution in [0, 0.1) is 44.8 Å². The average Bonchev–Trinajstić information content (AvgIpc) is 3.61. The molecule has 0 radical (unpaired) electrons. The zero-order chi connectivity index (χ0) is 35.6. The van der Waals surface area contributed by atoms with E-state index >= 15 is 0 Å². The van der Waals surface area contributed by atoms with Crippen LogP contribution in [-0.4, -0.2) is 109 Å². The molecule has 2 spiro atoms. The fourth-order valence-corrected chi connectivity index (χ4v) is 13.0. The van der Waals surface area contributed by atoms with Gasteiger partial charge in [-0.3, -0.25) is 4.79 Å². The van der Waals surface area contributed by atoms with Gasteiger partial charge in [0.2, 0.25) is 0 Å². The van der Waals surface area contributed by atoms with Crippen molar-refractivity contribution in [3.05, 3.63) is 0 Å². The van der Waals surface area contributed by atoms with Gasteiger partial charge in [-0.05, 0) is 112 Å². The van der Waals surface area contributed by atoms with Gasteiger partial charge in [-0.1, -0.05) is 27.7 Å². The summed E-state index contributed by atoms with van der Waals surface area (Å²) >= 11 is 0. The third kappa shape index (κ3) is 5.03. The van der Waals surface area contributed by atoms with Crippen molar-refractivity contribution < 1.29 is 54.8 Å². The quantitative estimate of drug-likeness (QED) is 0.147. The van der Waals surface area contributed by atoms with Gasteiger partial charge in [0.15, 0.2) is 6.29 Å². The molecular formula is C37H62O11. The molecule has 1 saturated heterocycles. The van der Waals surface area contributed by atoms with Gasteiger partial charge in [0.1, 0.15) is 24.4 Å². The third-order valence-corrected chi connectivity index (χ3v) is 15.6. The highest BCUT2D eigenvalue weighted by Gasteiger charge is 2.85. The van der Waals surface area contributed by atoms with Gasteiger partial charge in [-0.2, -0.15) is 0 Å². The summed E-state index contributed by atoms with van der Waals surface area (Å²) < 4.78 is 18.2. The summed E-state index contributed by atoms with van der Waals surface area (Å²) in [6.07, 6.45) is -1.45. The minimum atomic E-state index is -1.40. The Kier molecular flexibility index (Phi) is 8.88. The predicted octanol–water partition coefficient (Wildman–Crippen LogP) is 2.43. The SMILES string of the molecule is CC(=O)O[C@H]1[C@H](O)[C@H]([C@@](C)(O)CC[C@@H](O)C(C)(C)O)[C@@]2(C)CC[C@@]34C[C@@]35CC[C@H](O[C@@H]3OC[C@@H](O)[C@H](O)[C@H]3O)C(C)(C)[C@@H]5CC[C@H]4[C@]12C. The van der Waals surface area contributed by atoms with Crippen LogP contribution in [0.25, 0.3) is 0 Å². The number of fused-ring (bicyclic) bond motifs is 2. The predicted molar refractivity (Wildman–Crippen MR) is 174 cm³/mol. The van der Waals surface area contributed by atoms with E-state index in [0.29, 0.717) is 5.92 Å². The first-order chi connectivity index (χ1) is 22.0. The van der Waals surface area contributed by atoms with Crippen LogP contribution in [0.15, 0.2) is 0 Å². The fraction of sp³-hybridized carbons (Fsp3) is 0.973. The molecule has 0 aromatic heterocycles. The molecule has 6 aliphatic rings. The molecule has 16 atom stereocenters. The molecule has 11 nitrogen and oxygen atoms in total. The van der Waals surface area contributed by atoms with E-state index in [-0.39, 0.29) is 47.7 Å². The molecule has 1 aliphatic heterocycles. The largest absolute Gasteiger partial charge is 0.459 e. The minimum absolute atomic E-state index is 0.0104. The molecule has 0 unspecified atom stereocenters. The molecule has 1 heterocycles. The monoisotopic (exact) mass is 682 g/mol. The Morgan fingerprint density at radius 1 is 0.896 bits per heavy atom. The van der Waals surface area contributed by atoms with Crippen LogP contribution in [0.3, 0.4) is 0 Å². The van der Waals surface area contributed by atoms with Crippen molar-refractivity contribution in [1.29, 1.82) is 0 Å². The highest BCUT2D eigenvalue weighted by Crippen LogP contribution is 2.89. The number of carbonyl (C=O) groups is 1. The number of aliphatic hydroxyl groups excluding tert-OH is 5. The highest BCUT2D eigenvalue weighted by molar-refractivity contribution is 5.66. The lowest BCUT2D eigenvalue weighted by Gasteiger charge is -2.64. The van der Waals surface area contributed by atoms with E-state index in [9.17, 15) is 40.5 Å². The van der Waals surface area contributed by atoms with Gasteiger partial charge >= 0.3 is 5.97 Å². The molecular weight excluding hydrogens is 620 g/mol. The number of hydrogen-bond donors (Lipinski definition) is 7. The van der Waals surface area contributed by atoms with E-state index in [1.165, 1.54) is 20.8 Å². The van der Waals surface area contributed by atoms with Crippen LogP contribution in [0.2, 0.25) is 0 Å². The molecule has 0 amide bonds. The zero-order valence-electron chi connectivity index (χ0n) is 30.2. The molecule has 5 saturated carbocycles. The van der Waals surface area contributed by atoms with E-state index in [1.807, 2.05) is 0 Å². The van der Waals surface area contributed by atoms with Crippen molar-refractivity contribution in [3.63, 3.8) is 0 Å². The number of esters is 1. The van der Waals surface area contributed by atoms with Crippen LogP contribution >= 0.6 is 0 Å². The van der Waals surface area contributed by atoms with Crippen LogP contribution < -0.4 is 0 Å². The first-order valence-corrected chi connectivity index (χ1v) is 18.3. The lowest BCUT2D eigenvalue weighted by atomic mass is 9.41. The van der Waals surface area contributed by atoms with Crippen molar-refractivity contribution in [2.24, 2.45) is 44.8 Å². The molecule has 0 bridgehead atoms.